The van der Waals surface area contributed by atoms with Gasteiger partial charge in [0.05, 0.1) is 20.6 Å². The molecule has 0 aliphatic rings. The van der Waals surface area contributed by atoms with Gasteiger partial charge in [0.25, 0.3) is 5.91 Å². The molecule has 0 fully saturated rings. The van der Waals surface area contributed by atoms with Crippen molar-refractivity contribution >= 4 is 11.8 Å². The summed E-state index contributed by atoms with van der Waals surface area (Å²) in [5, 5.41) is 0. The van der Waals surface area contributed by atoms with Crippen LogP contribution in [0.15, 0.2) is 42.5 Å². The third kappa shape index (κ3) is 4.97. The molecule has 0 unspecified atom stereocenters. The molecule has 2 aromatic carbocycles. The van der Waals surface area contributed by atoms with E-state index in [9.17, 15) is 9.59 Å². The summed E-state index contributed by atoms with van der Waals surface area (Å²) in [5.41, 5.74) is 7.15. The normalized spacial score (nSPS) is 10.0. The zero-order valence-electron chi connectivity index (χ0n) is 14.6. The molecule has 25 heavy (non-hydrogen) atoms. The molecule has 2 aromatic rings. The standard InChI is InChI=1S/C19H22N2O4/c1-4-13-5-7-14(8-6-13)19(23)21-20-18(22)11-15-9-10-16(24-2)12-17(15)25-3/h5-10,12H,4,11H2,1-3H3,(H,20,22)(H,21,23). The van der Waals surface area contributed by atoms with E-state index in [1.165, 1.54) is 7.11 Å². The summed E-state index contributed by atoms with van der Waals surface area (Å²) in [6, 6.07) is 12.4. The number of methoxy groups -OCH3 is 2. The minimum absolute atomic E-state index is 0.0716. The van der Waals surface area contributed by atoms with Gasteiger partial charge in [-0.25, -0.2) is 0 Å². The summed E-state index contributed by atoms with van der Waals surface area (Å²) in [4.78, 5) is 24.1. The lowest BCUT2D eigenvalue weighted by Crippen LogP contribution is -2.42. The second-order valence-electron chi connectivity index (χ2n) is 5.41. The molecule has 2 amide bonds. The predicted octanol–water partition coefficient (Wildman–Crippen LogP) is 2.27. The number of nitrogens with one attached hydrogen (secondary N) is 2. The quantitative estimate of drug-likeness (QED) is 0.790. The lowest BCUT2D eigenvalue weighted by atomic mass is 10.1. The van der Waals surface area contributed by atoms with Crippen LogP contribution in [0.2, 0.25) is 0 Å². The van der Waals surface area contributed by atoms with Crippen molar-refractivity contribution in [1.29, 1.82) is 0 Å². The van der Waals surface area contributed by atoms with Crippen LogP contribution in [0.5, 0.6) is 11.5 Å². The Morgan fingerprint density at radius 3 is 2.28 bits per heavy atom. The molecule has 0 atom stereocenters. The molecule has 2 rings (SSSR count). The third-order valence-corrected chi connectivity index (χ3v) is 3.79. The fourth-order valence-electron chi connectivity index (χ4n) is 2.31. The lowest BCUT2D eigenvalue weighted by molar-refractivity contribution is -0.121. The molecule has 0 radical (unpaired) electrons. The van der Waals surface area contributed by atoms with Gasteiger partial charge in [-0.1, -0.05) is 25.1 Å². The zero-order chi connectivity index (χ0) is 18.2. The van der Waals surface area contributed by atoms with E-state index in [0.29, 0.717) is 22.6 Å². The number of carbonyl (C=O) groups excluding carboxylic acids is 2. The van der Waals surface area contributed by atoms with Crippen LogP contribution in [0.1, 0.15) is 28.4 Å². The first-order valence-electron chi connectivity index (χ1n) is 7.96. The second-order valence-corrected chi connectivity index (χ2v) is 5.41. The average molecular weight is 342 g/mol. The van der Waals surface area contributed by atoms with Crippen LogP contribution in [0.3, 0.4) is 0 Å². The van der Waals surface area contributed by atoms with Gasteiger partial charge in [-0.2, -0.15) is 0 Å². The number of benzene rings is 2. The van der Waals surface area contributed by atoms with Crippen LogP contribution in [-0.4, -0.2) is 26.0 Å². The molecular formula is C19H22N2O4. The number of carbonyl (C=O) groups is 2. The summed E-state index contributed by atoms with van der Waals surface area (Å²) < 4.78 is 10.4. The van der Waals surface area contributed by atoms with Crippen molar-refractivity contribution in [2.75, 3.05) is 14.2 Å². The number of amides is 2. The highest BCUT2D eigenvalue weighted by atomic mass is 16.5. The molecule has 0 saturated carbocycles. The van der Waals surface area contributed by atoms with Crippen LogP contribution in [-0.2, 0) is 17.6 Å². The summed E-state index contributed by atoms with van der Waals surface area (Å²) >= 11 is 0. The largest absolute Gasteiger partial charge is 0.497 e. The molecule has 0 aromatic heterocycles. The van der Waals surface area contributed by atoms with Crippen molar-refractivity contribution in [1.82, 2.24) is 10.9 Å². The van der Waals surface area contributed by atoms with Gasteiger partial charge in [-0.05, 0) is 30.2 Å². The molecule has 6 heteroatoms. The van der Waals surface area contributed by atoms with Crippen LogP contribution in [0, 0.1) is 0 Å². The van der Waals surface area contributed by atoms with Gasteiger partial charge in [-0.15, -0.1) is 0 Å². The number of hydrazine groups is 1. The van der Waals surface area contributed by atoms with Gasteiger partial charge < -0.3 is 9.47 Å². The second kappa shape index (κ2) is 8.73. The third-order valence-electron chi connectivity index (χ3n) is 3.79. The van der Waals surface area contributed by atoms with Crippen LogP contribution >= 0.6 is 0 Å². The summed E-state index contributed by atoms with van der Waals surface area (Å²) in [5.74, 6) is 0.487. The van der Waals surface area contributed by atoms with Gasteiger partial charge >= 0.3 is 0 Å². The molecule has 132 valence electrons. The number of hydrogen-bond acceptors (Lipinski definition) is 4. The van der Waals surface area contributed by atoms with E-state index in [4.69, 9.17) is 9.47 Å². The average Bonchev–Trinajstić information content (AvgIpc) is 2.66. The summed E-state index contributed by atoms with van der Waals surface area (Å²) in [7, 11) is 3.08. The molecule has 0 spiro atoms. The highest BCUT2D eigenvalue weighted by Crippen LogP contribution is 2.24. The number of rotatable bonds is 6. The smallest absolute Gasteiger partial charge is 0.269 e. The van der Waals surface area contributed by atoms with E-state index in [0.717, 1.165) is 12.0 Å². The highest BCUT2D eigenvalue weighted by Gasteiger charge is 2.11. The van der Waals surface area contributed by atoms with Crippen molar-refractivity contribution in [3.8, 4) is 11.5 Å². The number of hydrogen-bond donors (Lipinski definition) is 2. The number of aryl methyl sites for hydroxylation is 1. The van der Waals surface area contributed by atoms with E-state index in [2.05, 4.69) is 10.9 Å². The van der Waals surface area contributed by atoms with E-state index in [1.807, 2.05) is 19.1 Å². The Morgan fingerprint density at radius 2 is 1.68 bits per heavy atom. The minimum atomic E-state index is -0.363. The van der Waals surface area contributed by atoms with Crippen molar-refractivity contribution in [3.05, 3.63) is 59.2 Å². The molecule has 0 saturated heterocycles. The fraction of sp³-hybridized carbons (Fsp3) is 0.263. The Bertz CT molecular complexity index is 742. The summed E-state index contributed by atoms with van der Waals surface area (Å²) in [6.07, 6.45) is 0.977. The first kappa shape index (κ1) is 18.3. The van der Waals surface area contributed by atoms with Gasteiger partial charge in [0.1, 0.15) is 11.5 Å². The van der Waals surface area contributed by atoms with Gasteiger partial charge in [0.15, 0.2) is 0 Å². The Morgan fingerprint density at radius 1 is 0.960 bits per heavy atom. The van der Waals surface area contributed by atoms with E-state index in [-0.39, 0.29) is 18.2 Å². The monoisotopic (exact) mass is 342 g/mol. The first-order valence-corrected chi connectivity index (χ1v) is 7.96. The molecule has 6 nitrogen and oxygen atoms in total. The maximum atomic E-state index is 12.1. The molecular weight excluding hydrogens is 320 g/mol. The van der Waals surface area contributed by atoms with Crippen LogP contribution in [0.25, 0.3) is 0 Å². The Labute approximate surface area is 147 Å². The maximum absolute atomic E-state index is 12.1. The Kier molecular flexibility index (Phi) is 6.39. The van der Waals surface area contributed by atoms with Crippen LogP contribution in [0.4, 0.5) is 0 Å². The van der Waals surface area contributed by atoms with Crippen molar-refractivity contribution in [3.63, 3.8) is 0 Å². The van der Waals surface area contributed by atoms with E-state index >= 15 is 0 Å². The Balaban J connectivity index is 1.92. The molecule has 0 bridgehead atoms. The van der Waals surface area contributed by atoms with E-state index in [1.54, 1.807) is 37.4 Å². The van der Waals surface area contributed by atoms with Gasteiger partial charge in [-0.3, -0.25) is 20.4 Å². The van der Waals surface area contributed by atoms with Crippen LogP contribution < -0.4 is 20.3 Å². The van der Waals surface area contributed by atoms with Crippen molar-refractivity contribution < 1.29 is 19.1 Å². The van der Waals surface area contributed by atoms with E-state index < -0.39 is 0 Å². The topological polar surface area (TPSA) is 76.7 Å². The summed E-state index contributed by atoms with van der Waals surface area (Å²) in [6.45, 7) is 2.04. The maximum Gasteiger partial charge on any atom is 0.269 e. The minimum Gasteiger partial charge on any atom is -0.497 e. The SMILES string of the molecule is CCc1ccc(C(=O)NNC(=O)Cc2ccc(OC)cc2OC)cc1. The molecule has 0 aliphatic heterocycles. The highest BCUT2D eigenvalue weighted by molar-refractivity contribution is 5.95. The van der Waals surface area contributed by atoms with Gasteiger partial charge in [0.2, 0.25) is 5.91 Å². The molecule has 0 heterocycles. The fourth-order valence-corrected chi connectivity index (χ4v) is 2.31. The van der Waals surface area contributed by atoms with Gasteiger partial charge in [0, 0.05) is 17.2 Å². The van der Waals surface area contributed by atoms with Crippen molar-refractivity contribution in [2.24, 2.45) is 0 Å². The predicted molar refractivity (Wildman–Crippen MR) is 94.7 cm³/mol. The lowest BCUT2D eigenvalue weighted by Gasteiger charge is -2.11. The zero-order valence-corrected chi connectivity index (χ0v) is 14.6. The molecule has 2 N–H and O–H groups in total. The van der Waals surface area contributed by atoms with Crippen molar-refractivity contribution in [2.45, 2.75) is 19.8 Å². The first-order chi connectivity index (χ1) is 12.1. The Hall–Kier alpha value is -3.02. The number of ether oxygens (including phenoxy) is 2. The molecule has 0 aliphatic carbocycles.